The van der Waals surface area contributed by atoms with E-state index in [1.54, 1.807) is 6.33 Å². The van der Waals surface area contributed by atoms with Crippen LogP contribution in [-0.2, 0) is 22.8 Å². The maximum atomic E-state index is 11.2. The van der Waals surface area contributed by atoms with Crippen LogP contribution in [0.5, 0.6) is 0 Å². The van der Waals surface area contributed by atoms with Crippen molar-refractivity contribution in [3.05, 3.63) is 90.4 Å². The van der Waals surface area contributed by atoms with Crippen molar-refractivity contribution in [1.29, 1.82) is 0 Å². The van der Waals surface area contributed by atoms with E-state index < -0.39 is 9.84 Å². The molecule has 0 amide bonds. The number of aryl methyl sites for hydroxylation is 1. The van der Waals surface area contributed by atoms with Crippen molar-refractivity contribution < 1.29 is 8.42 Å². The molecule has 5 aromatic rings. The third kappa shape index (κ3) is 6.49. The normalized spacial score (nSPS) is 11.8. The molecule has 2 aromatic heterocycles. The molecule has 0 aliphatic carbocycles. The molecule has 0 saturated heterocycles. The number of hydrogen-bond acceptors (Lipinski definition) is 7. The van der Waals surface area contributed by atoms with Crippen molar-refractivity contribution in [1.82, 2.24) is 25.1 Å². The van der Waals surface area contributed by atoms with Crippen molar-refractivity contribution in [2.45, 2.75) is 19.4 Å². The summed E-state index contributed by atoms with van der Waals surface area (Å²) in [5, 5.41) is 13.2. The summed E-state index contributed by atoms with van der Waals surface area (Å²) in [6.07, 6.45) is 6.54. The molecule has 0 unspecified atom stereocenters. The summed E-state index contributed by atoms with van der Waals surface area (Å²) in [7, 11) is -2.92. The SMILES string of the molecule is CS(=O)(=O)CCNCCCc1ccc2c(Nc3ccc4c(cnn4Cc4ccccc4)c3)ncnc2c1. The van der Waals surface area contributed by atoms with E-state index in [0.717, 1.165) is 59.2 Å². The highest BCUT2D eigenvalue weighted by Crippen LogP contribution is 2.26. The van der Waals surface area contributed by atoms with E-state index in [2.05, 4.69) is 68.2 Å². The van der Waals surface area contributed by atoms with Gasteiger partial charge in [0.25, 0.3) is 0 Å². The van der Waals surface area contributed by atoms with Gasteiger partial charge in [0.05, 0.1) is 29.5 Å². The molecule has 5 rings (SSSR count). The first-order valence-corrected chi connectivity index (χ1v) is 14.4. The molecule has 0 spiro atoms. The van der Waals surface area contributed by atoms with Crippen molar-refractivity contribution >= 4 is 43.1 Å². The molecular weight excluding hydrogens is 484 g/mol. The van der Waals surface area contributed by atoms with Gasteiger partial charge in [-0.05, 0) is 60.8 Å². The molecule has 0 aliphatic heterocycles. The number of nitrogens with one attached hydrogen (secondary N) is 2. The number of anilines is 2. The Morgan fingerprint density at radius 3 is 2.62 bits per heavy atom. The Morgan fingerprint density at radius 2 is 1.78 bits per heavy atom. The molecule has 0 atom stereocenters. The molecule has 0 fully saturated rings. The average molecular weight is 515 g/mol. The van der Waals surface area contributed by atoms with Crippen LogP contribution in [0.4, 0.5) is 11.5 Å². The van der Waals surface area contributed by atoms with E-state index in [9.17, 15) is 8.42 Å². The third-order valence-electron chi connectivity index (χ3n) is 6.25. The number of fused-ring (bicyclic) bond motifs is 2. The fraction of sp³-hybridized carbons (Fsp3) is 0.250. The molecule has 190 valence electrons. The van der Waals surface area contributed by atoms with Gasteiger partial charge in [-0.15, -0.1) is 0 Å². The maximum Gasteiger partial charge on any atom is 0.148 e. The molecule has 2 heterocycles. The summed E-state index contributed by atoms with van der Waals surface area (Å²) < 4.78 is 24.4. The second-order valence-corrected chi connectivity index (χ2v) is 11.5. The lowest BCUT2D eigenvalue weighted by atomic mass is 10.1. The Labute approximate surface area is 216 Å². The zero-order chi connectivity index (χ0) is 25.7. The predicted molar refractivity (Wildman–Crippen MR) is 149 cm³/mol. The second-order valence-electron chi connectivity index (χ2n) is 9.24. The Hall–Kier alpha value is -3.82. The van der Waals surface area contributed by atoms with Crippen LogP contribution < -0.4 is 10.6 Å². The monoisotopic (exact) mass is 514 g/mol. The van der Waals surface area contributed by atoms with E-state index in [-0.39, 0.29) is 5.75 Å². The second kappa shape index (κ2) is 11.1. The molecule has 0 saturated carbocycles. The molecule has 0 aliphatic rings. The van der Waals surface area contributed by atoms with Gasteiger partial charge in [-0.1, -0.05) is 36.4 Å². The fourth-order valence-corrected chi connectivity index (χ4v) is 4.86. The van der Waals surface area contributed by atoms with Crippen LogP contribution in [0.3, 0.4) is 0 Å². The zero-order valence-electron chi connectivity index (χ0n) is 20.8. The Kier molecular flexibility index (Phi) is 7.43. The zero-order valence-corrected chi connectivity index (χ0v) is 21.6. The van der Waals surface area contributed by atoms with Crippen LogP contribution >= 0.6 is 0 Å². The van der Waals surface area contributed by atoms with Gasteiger partial charge in [0.15, 0.2) is 0 Å². The van der Waals surface area contributed by atoms with Crippen LogP contribution in [0.2, 0.25) is 0 Å². The topological polar surface area (TPSA) is 102 Å². The molecule has 3 aromatic carbocycles. The Balaban J connectivity index is 1.24. The molecule has 0 radical (unpaired) electrons. The lowest BCUT2D eigenvalue weighted by molar-refractivity contribution is 0.594. The van der Waals surface area contributed by atoms with Crippen molar-refractivity contribution in [2.24, 2.45) is 0 Å². The van der Waals surface area contributed by atoms with Gasteiger partial charge in [0.2, 0.25) is 0 Å². The van der Waals surface area contributed by atoms with E-state index in [0.29, 0.717) is 6.54 Å². The molecule has 2 N–H and O–H groups in total. The number of sulfone groups is 1. The number of aromatic nitrogens is 4. The highest BCUT2D eigenvalue weighted by atomic mass is 32.2. The van der Waals surface area contributed by atoms with Gasteiger partial charge in [-0.2, -0.15) is 5.10 Å². The number of nitrogens with zero attached hydrogens (tertiary/aromatic N) is 4. The Bertz CT molecular complexity index is 1620. The van der Waals surface area contributed by atoms with Gasteiger partial charge < -0.3 is 10.6 Å². The van der Waals surface area contributed by atoms with E-state index >= 15 is 0 Å². The average Bonchev–Trinajstić information content (AvgIpc) is 3.28. The van der Waals surface area contributed by atoms with Crippen molar-refractivity contribution in [2.75, 3.05) is 30.4 Å². The van der Waals surface area contributed by atoms with Crippen LogP contribution in [0.25, 0.3) is 21.8 Å². The highest BCUT2D eigenvalue weighted by molar-refractivity contribution is 7.90. The first-order valence-electron chi connectivity index (χ1n) is 12.3. The van der Waals surface area contributed by atoms with Gasteiger partial charge in [0.1, 0.15) is 22.0 Å². The van der Waals surface area contributed by atoms with Crippen LogP contribution in [0, 0.1) is 0 Å². The van der Waals surface area contributed by atoms with Gasteiger partial charge >= 0.3 is 0 Å². The predicted octanol–water partition coefficient (Wildman–Crippen LogP) is 4.34. The molecule has 8 nitrogen and oxygen atoms in total. The third-order valence-corrected chi connectivity index (χ3v) is 7.19. The molecule has 9 heteroatoms. The number of rotatable bonds is 11. The number of benzene rings is 3. The van der Waals surface area contributed by atoms with Crippen LogP contribution in [-0.4, -0.2) is 53.3 Å². The van der Waals surface area contributed by atoms with Crippen LogP contribution in [0.1, 0.15) is 17.5 Å². The summed E-state index contributed by atoms with van der Waals surface area (Å²) in [5.41, 5.74) is 5.31. The first kappa shape index (κ1) is 24.9. The summed E-state index contributed by atoms with van der Waals surface area (Å²) in [6, 6.07) is 22.8. The molecule has 37 heavy (non-hydrogen) atoms. The number of hydrogen-bond donors (Lipinski definition) is 2. The lowest BCUT2D eigenvalue weighted by Gasteiger charge is -2.10. The van der Waals surface area contributed by atoms with E-state index in [1.807, 2.05) is 35.1 Å². The van der Waals surface area contributed by atoms with Gasteiger partial charge in [-0.25, -0.2) is 18.4 Å². The minimum absolute atomic E-state index is 0.165. The standard InChI is InChI=1S/C28H30N6O2S/c1-37(35,36)15-14-29-13-5-8-21-9-11-25-26(16-21)30-20-31-28(25)33-24-10-12-27-23(17-24)18-32-34(27)19-22-6-3-2-4-7-22/h2-4,6-7,9-12,16-18,20,29H,5,8,13-15,19H2,1H3,(H,30,31,33). The van der Waals surface area contributed by atoms with Crippen molar-refractivity contribution in [3.63, 3.8) is 0 Å². The van der Waals surface area contributed by atoms with E-state index in [1.165, 1.54) is 17.4 Å². The van der Waals surface area contributed by atoms with Crippen LogP contribution in [0.15, 0.2) is 79.3 Å². The Morgan fingerprint density at radius 1 is 0.919 bits per heavy atom. The minimum Gasteiger partial charge on any atom is -0.340 e. The first-order chi connectivity index (χ1) is 17.9. The summed E-state index contributed by atoms with van der Waals surface area (Å²) in [6.45, 7) is 1.99. The highest BCUT2D eigenvalue weighted by Gasteiger charge is 2.09. The summed E-state index contributed by atoms with van der Waals surface area (Å²) in [5.74, 6) is 0.925. The maximum absolute atomic E-state index is 11.2. The largest absolute Gasteiger partial charge is 0.340 e. The quantitative estimate of drug-likeness (QED) is 0.253. The minimum atomic E-state index is -2.92. The van der Waals surface area contributed by atoms with Gasteiger partial charge in [0, 0.05) is 29.3 Å². The van der Waals surface area contributed by atoms with Crippen molar-refractivity contribution in [3.8, 4) is 0 Å². The smallest absolute Gasteiger partial charge is 0.148 e. The summed E-state index contributed by atoms with van der Waals surface area (Å²) >= 11 is 0. The fourth-order valence-electron chi connectivity index (χ4n) is 4.34. The summed E-state index contributed by atoms with van der Waals surface area (Å²) in [4.78, 5) is 8.96. The molecular formula is C28H30N6O2S. The van der Waals surface area contributed by atoms with E-state index in [4.69, 9.17) is 0 Å². The molecule has 0 bridgehead atoms. The van der Waals surface area contributed by atoms with Gasteiger partial charge in [-0.3, -0.25) is 4.68 Å². The lowest BCUT2D eigenvalue weighted by Crippen LogP contribution is -2.23.